The Hall–Kier alpha value is -2.88. The van der Waals surface area contributed by atoms with Crippen molar-refractivity contribution in [1.29, 1.82) is 0 Å². The second kappa shape index (κ2) is 8.93. The Bertz CT molecular complexity index is 1170. The van der Waals surface area contributed by atoms with Gasteiger partial charge in [0.15, 0.2) is 11.5 Å². The largest absolute Gasteiger partial charge is 0.485 e. The van der Waals surface area contributed by atoms with Crippen LogP contribution >= 0.6 is 23.8 Å². The molecule has 1 saturated heterocycles. The first-order valence-electron chi connectivity index (χ1n) is 10.3. The molecule has 5 rings (SSSR count). The van der Waals surface area contributed by atoms with Crippen molar-refractivity contribution in [3.8, 4) is 23.0 Å². The molecule has 1 fully saturated rings. The Morgan fingerprint density at radius 2 is 1.78 bits per heavy atom. The topological polar surface area (TPSA) is 73.0 Å². The zero-order chi connectivity index (χ0) is 22.1. The lowest BCUT2D eigenvalue weighted by molar-refractivity contribution is -0.143. The minimum Gasteiger partial charge on any atom is -0.485 e. The molecule has 2 aromatic carbocycles. The van der Waals surface area contributed by atoms with Crippen LogP contribution in [0, 0.1) is 4.84 Å². The number of rotatable bonds is 4. The summed E-state index contributed by atoms with van der Waals surface area (Å²) >= 11 is 11.3. The second-order valence-corrected chi connectivity index (χ2v) is 8.41. The highest BCUT2D eigenvalue weighted by Gasteiger charge is 2.32. The van der Waals surface area contributed by atoms with Crippen LogP contribution in [-0.2, 0) is 11.5 Å². The number of aromatic nitrogens is 2. The summed E-state index contributed by atoms with van der Waals surface area (Å²) in [5, 5.41) is 5.14. The maximum absolute atomic E-state index is 12.9. The van der Waals surface area contributed by atoms with Gasteiger partial charge in [-0.1, -0.05) is 23.7 Å². The molecule has 166 valence electrons. The van der Waals surface area contributed by atoms with E-state index in [0.717, 1.165) is 5.56 Å². The molecule has 0 spiro atoms. The Morgan fingerprint density at radius 1 is 1.06 bits per heavy atom. The number of halogens is 1. The first-order valence-corrected chi connectivity index (χ1v) is 11.1. The molecule has 3 heterocycles. The van der Waals surface area contributed by atoms with Crippen molar-refractivity contribution in [3.63, 3.8) is 0 Å². The number of carbonyl (C=O) groups is 1. The molecule has 2 aliphatic rings. The van der Waals surface area contributed by atoms with Gasteiger partial charge in [-0.2, -0.15) is 0 Å². The summed E-state index contributed by atoms with van der Waals surface area (Å²) in [6.45, 7) is 3.29. The lowest BCUT2D eigenvalue weighted by Gasteiger charge is -2.36. The zero-order valence-electron chi connectivity index (χ0n) is 17.1. The Morgan fingerprint density at radius 3 is 2.53 bits per heavy atom. The molecule has 0 radical (unpaired) electrons. The Balaban J connectivity index is 1.17. The molecule has 0 bridgehead atoms. The van der Waals surface area contributed by atoms with E-state index in [1.807, 2.05) is 41.3 Å². The minimum atomic E-state index is -0.623. The number of piperazine rings is 1. The number of para-hydroxylation sites is 2. The first kappa shape index (κ1) is 21.0. The van der Waals surface area contributed by atoms with E-state index >= 15 is 0 Å². The molecule has 0 unspecified atom stereocenters. The number of nitrogens with zero attached hydrogens (tertiary/aromatic N) is 4. The molecule has 0 aliphatic carbocycles. The summed E-state index contributed by atoms with van der Waals surface area (Å²) in [7, 11) is 0. The van der Waals surface area contributed by atoms with Gasteiger partial charge in [0.25, 0.3) is 10.7 Å². The number of benzene rings is 2. The molecule has 32 heavy (non-hydrogen) atoms. The molecule has 3 aromatic rings. The van der Waals surface area contributed by atoms with Crippen LogP contribution in [0.4, 0.5) is 0 Å². The van der Waals surface area contributed by atoms with Gasteiger partial charge < -0.3 is 18.8 Å². The molecule has 2 aliphatic heterocycles. The zero-order valence-corrected chi connectivity index (χ0v) is 18.7. The van der Waals surface area contributed by atoms with Gasteiger partial charge in [0, 0.05) is 36.8 Å². The third-order valence-corrected chi connectivity index (χ3v) is 6.05. The van der Waals surface area contributed by atoms with Gasteiger partial charge in [-0.25, -0.2) is 4.68 Å². The van der Waals surface area contributed by atoms with Crippen LogP contribution in [0.1, 0.15) is 0 Å². The predicted molar refractivity (Wildman–Crippen MR) is 120 cm³/mol. The maximum atomic E-state index is 12.9. The highest BCUT2D eigenvalue weighted by molar-refractivity contribution is 7.71. The van der Waals surface area contributed by atoms with Crippen LogP contribution in [0.25, 0.3) is 11.5 Å². The van der Waals surface area contributed by atoms with Crippen LogP contribution in [-0.4, -0.2) is 64.4 Å². The van der Waals surface area contributed by atoms with Gasteiger partial charge in [0.1, 0.15) is 6.61 Å². The summed E-state index contributed by atoms with van der Waals surface area (Å²) < 4.78 is 18.9. The van der Waals surface area contributed by atoms with E-state index in [-0.39, 0.29) is 12.5 Å². The summed E-state index contributed by atoms with van der Waals surface area (Å²) in [5.41, 5.74) is 0.811. The quantitative estimate of drug-likeness (QED) is 0.538. The van der Waals surface area contributed by atoms with Crippen molar-refractivity contribution >= 4 is 29.7 Å². The monoisotopic (exact) mass is 472 g/mol. The van der Waals surface area contributed by atoms with E-state index in [9.17, 15) is 4.79 Å². The summed E-state index contributed by atoms with van der Waals surface area (Å²) in [6.07, 6.45) is -0.623. The summed E-state index contributed by atoms with van der Waals surface area (Å²) in [5.74, 6) is 1.67. The molecule has 1 aromatic heterocycles. The molecule has 0 saturated carbocycles. The van der Waals surface area contributed by atoms with Crippen molar-refractivity contribution in [3.05, 3.63) is 58.4 Å². The predicted octanol–water partition coefficient (Wildman–Crippen LogP) is 3.47. The van der Waals surface area contributed by atoms with Crippen molar-refractivity contribution in [2.75, 3.05) is 32.8 Å². The highest BCUT2D eigenvalue weighted by atomic mass is 35.5. The fourth-order valence-corrected chi connectivity index (χ4v) is 4.05. The fraction of sp³-hybridized carbons (Fsp3) is 0.318. The number of fused-ring (bicyclic) bond motifs is 1. The van der Waals surface area contributed by atoms with Crippen LogP contribution < -0.4 is 9.47 Å². The maximum Gasteiger partial charge on any atom is 0.288 e. The van der Waals surface area contributed by atoms with Crippen LogP contribution in [0.2, 0.25) is 5.02 Å². The van der Waals surface area contributed by atoms with Crippen molar-refractivity contribution in [2.24, 2.45) is 0 Å². The number of carbonyl (C=O) groups excluding carboxylic acids is 1. The Kier molecular flexibility index (Phi) is 5.86. The van der Waals surface area contributed by atoms with Gasteiger partial charge >= 0.3 is 0 Å². The molecule has 0 N–H and O–H groups in total. The van der Waals surface area contributed by atoms with E-state index in [4.69, 9.17) is 37.7 Å². The lowest BCUT2D eigenvalue weighted by atomic mass is 10.2. The summed E-state index contributed by atoms with van der Waals surface area (Å²) in [6, 6.07) is 14.6. The molecular weight excluding hydrogens is 452 g/mol. The average Bonchev–Trinajstić information content (AvgIpc) is 3.19. The fourth-order valence-electron chi connectivity index (χ4n) is 3.75. The molecular formula is C22H21ClN4O4S. The molecule has 1 atom stereocenters. The van der Waals surface area contributed by atoms with Gasteiger partial charge in [0.05, 0.1) is 6.67 Å². The summed E-state index contributed by atoms with van der Waals surface area (Å²) in [4.78, 5) is 17.2. The van der Waals surface area contributed by atoms with Crippen molar-refractivity contribution in [2.45, 2.75) is 12.8 Å². The van der Waals surface area contributed by atoms with E-state index in [1.54, 1.807) is 16.8 Å². The van der Waals surface area contributed by atoms with E-state index < -0.39 is 6.10 Å². The standard InChI is InChI=1S/C22H21ClN4O4S/c23-16-7-5-15(6-8-16)20-24-27(22(32)31-20)14-25-9-11-26(12-10-25)21(28)19-13-29-17-3-1-2-4-18(17)30-19/h1-8,19H,9-14H2/t19-/m0/s1. The van der Waals surface area contributed by atoms with E-state index in [1.165, 1.54) is 0 Å². The van der Waals surface area contributed by atoms with Crippen LogP contribution in [0.3, 0.4) is 0 Å². The lowest BCUT2D eigenvalue weighted by Crippen LogP contribution is -2.54. The van der Waals surface area contributed by atoms with Gasteiger partial charge in [-0.3, -0.25) is 9.69 Å². The van der Waals surface area contributed by atoms with Gasteiger partial charge in [-0.05, 0) is 48.6 Å². The number of ether oxygens (including phenoxy) is 2. The third-order valence-electron chi connectivity index (χ3n) is 5.50. The minimum absolute atomic E-state index is 0.0535. The third kappa shape index (κ3) is 4.36. The van der Waals surface area contributed by atoms with Crippen molar-refractivity contribution in [1.82, 2.24) is 19.6 Å². The normalized spacial score (nSPS) is 18.5. The van der Waals surface area contributed by atoms with Gasteiger partial charge in [0.2, 0.25) is 12.0 Å². The molecule has 1 amide bonds. The number of hydrogen-bond acceptors (Lipinski definition) is 7. The molecule has 8 nitrogen and oxygen atoms in total. The number of hydrogen-bond donors (Lipinski definition) is 0. The smallest absolute Gasteiger partial charge is 0.288 e. The van der Waals surface area contributed by atoms with E-state index in [0.29, 0.717) is 60.1 Å². The molecule has 10 heteroatoms. The SMILES string of the molecule is O=C([C@@H]1COc2ccccc2O1)N1CCN(Cn2nc(-c3ccc(Cl)cc3)oc2=S)CC1. The highest BCUT2D eigenvalue weighted by Crippen LogP contribution is 2.31. The van der Waals surface area contributed by atoms with Crippen LogP contribution in [0.5, 0.6) is 11.5 Å². The van der Waals surface area contributed by atoms with Crippen molar-refractivity contribution < 1.29 is 18.7 Å². The van der Waals surface area contributed by atoms with E-state index in [2.05, 4.69) is 10.00 Å². The van der Waals surface area contributed by atoms with Crippen LogP contribution in [0.15, 0.2) is 52.9 Å². The number of amides is 1. The first-order chi connectivity index (χ1) is 15.6. The van der Waals surface area contributed by atoms with Gasteiger partial charge in [-0.15, -0.1) is 5.10 Å². The average molecular weight is 473 g/mol. The Labute approximate surface area is 194 Å². The second-order valence-electron chi connectivity index (χ2n) is 7.63.